The minimum atomic E-state index is 0.112. The first-order valence-electron chi connectivity index (χ1n) is 11.4. The van der Waals surface area contributed by atoms with E-state index in [9.17, 15) is 9.59 Å². The molecule has 1 amide bonds. The topological polar surface area (TPSA) is 49.4 Å². The zero-order valence-electron chi connectivity index (χ0n) is 18.7. The third-order valence-electron chi connectivity index (χ3n) is 6.80. The van der Waals surface area contributed by atoms with Gasteiger partial charge in [-0.2, -0.15) is 0 Å². The van der Waals surface area contributed by atoms with Gasteiger partial charge in [-0.25, -0.2) is 0 Å². The Balaban J connectivity index is 1.42. The Morgan fingerprint density at radius 2 is 1.90 bits per heavy atom. The van der Waals surface area contributed by atoms with E-state index in [1.807, 2.05) is 12.1 Å². The van der Waals surface area contributed by atoms with Gasteiger partial charge >= 0.3 is 0 Å². The molecule has 1 heterocycles. The Kier molecular flexibility index (Phi) is 7.15. The van der Waals surface area contributed by atoms with Crippen LogP contribution in [-0.4, -0.2) is 42.8 Å². The number of hydrogen-bond acceptors (Lipinski definition) is 3. The molecule has 1 N–H and O–H groups in total. The molecule has 29 heavy (non-hydrogen) atoms. The van der Waals surface area contributed by atoms with Gasteiger partial charge in [0.1, 0.15) is 0 Å². The summed E-state index contributed by atoms with van der Waals surface area (Å²) in [7, 11) is 0. The van der Waals surface area contributed by atoms with Gasteiger partial charge in [0, 0.05) is 31.0 Å². The summed E-state index contributed by atoms with van der Waals surface area (Å²) in [6, 6.07) is 8.11. The Hall–Kier alpha value is -1.68. The van der Waals surface area contributed by atoms with Gasteiger partial charge in [-0.05, 0) is 61.6 Å². The monoisotopic (exact) mass is 398 g/mol. The minimum Gasteiger partial charge on any atom is -0.356 e. The van der Waals surface area contributed by atoms with Gasteiger partial charge < -0.3 is 10.2 Å². The van der Waals surface area contributed by atoms with Crippen molar-refractivity contribution in [1.82, 2.24) is 10.2 Å². The molecule has 0 unspecified atom stereocenters. The number of carbonyl (C=O) groups is 2. The number of piperidine rings is 1. The van der Waals surface area contributed by atoms with Crippen LogP contribution in [0.5, 0.6) is 0 Å². The molecule has 2 aliphatic rings. The van der Waals surface area contributed by atoms with E-state index in [2.05, 4.69) is 50.0 Å². The fraction of sp³-hybridized carbons (Fsp3) is 0.680. The third-order valence-corrected chi connectivity index (χ3v) is 6.80. The summed E-state index contributed by atoms with van der Waals surface area (Å²) in [6.07, 6.45) is 4.75. The SMILES string of the molecule is CCCNC(=O)[C@@H]1C[C@H]2CCN(CCCC(=O)c3ccc(C(C)(C)C)cc3)C[C@H]21. The molecule has 0 spiro atoms. The molecule has 3 rings (SSSR count). The molecule has 160 valence electrons. The van der Waals surface area contributed by atoms with Crippen molar-refractivity contribution in [2.24, 2.45) is 17.8 Å². The number of hydrogen-bond donors (Lipinski definition) is 1. The lowest BCUT2D eigenvalue weighted by Gasteiger charge is -2.50. The van der Waals surface area contributed by atoms with Crippen LogP contribution in [0.1, 0.15) is 75.7 Å². The number of benzene rings is 1. The number of nitrogens with one attached hydrogen (secondary N) is 1. The maximum absolute atomic E-state index is 12.5. The highest BCUT2D eigenvalue weighted by Gasteiger charge is 2.47. The standard InChI is InChI=1S/C25H38N2O2/c1-5-13-26-24(29)21-16-19-12-15-27(17-22(19)21)14-6-7-23(28)18-8-10-20(11-9-18)25(2,3)4/h8-11,19,21-22H,5-7,12-17H2,1-4H3,(H,26,29)/t19-,21-,22-/m1/s1. The number of nitrogens with zero attached hydrogens (tertiary/aromatic N) is 1. The molecule has 1 aliphatic carbocycles. The number of amides is 1. The average Bonchev–Trinajstić information content (AvgIpc) is 2.67. The van der Waals surface area contributed by atoms with E-state index < -0.39 is 0 Å². The van der Waals surface area contributed by atoms with Gasteiger partial charge in [-0.1, -0.05) is 52.0 Å². The maximum atomic E-state index is 12.5. The summed E-state index contributed by atoms with van der Waals surface area (Å²) in [5, 5.41) is 3.07. The summed E-state index contributed by atoms with van der Waals surface area (Å²) >= 11 is 0. The second kappa shape index (κ2) is 9.42. The number of Topliss-reactive ketones (excluding diaryl/α,β-unsaturated/α-hetero) is 1. The fourth-order valence-electron chi connectivity index (χ4n) is 4.80. The lowest BCUT2D eigenvalue weighted by Crippen LogP contribution is -2.55. The zero-order chi connectivity index (χ0) is 21.0. The molecule has 1 aromatic carbocycles. The summed E-state index contributed by atoms with van der Waals surface area (Å²) in [4.78, 5) is 27.3. The van der Waals surface area contributed by atoms with Crippen molar-refractivity contribution < 1.29 is 9.59 Å². The molecule has 0 bridgehead atoms. The normalized spacial score (nSPS) is 24.5. The van der Waals surface area contributed by atoms with Crippen molar-refractivity contribution in [2.45, 2.75) is 65.2 Å². The summed E-state index contributed by atoms with van der Waals surface area (Å²) in [5.41, 5.74) is 2.19. The largest absolute Gasteiger partial charge is 0.356 e. The third kappa shape index (κ3) is 5.48. The van der Waals surface area contributed by atoms with Crippen LogP contribution < -0.4 is 5.32 Å². The van der Waals surface area contributed by atoms with Crippen LogP contribution in [0.15, 0.2) is 24.3 Å². The second-order valence-electron chi connectivity index (χ2n) is 10.0. The van der Waals surface area contributed by atoms with Crippen molar-refractivity contribution in [2.75, 3.05) is 26.2 Å². The van der Waals surface area contributed by atoms with Crippen LogP contribution in [0.4, 0.5) is 0 Å². The number of fused-ring (bicyclic) bond motifs is 1. The minimum absolute atomic E-state index is 0.112. The molecule has 3 atom stereocenters. The summed E-state index contributed by atoms with van der Waals surface area (Å²) in [6.45, 7) is 12.5. The Morgan fingerprint density at radius 1 is 1.17 bits per heavy atom. The van der Waals surface area contributed by atoms with Crippen LogP contribution in [-0.2, 0) is 10.2 Å². The molecular formula is C25H38N2O2. The number of rotatable bonds is 8. The maximum Gasteiger partial charge on any atom is 0.223 e. The first kappa shape index (κ1) is 22.0. The molecule has 4 nitrogen and oxygen atoms in total. The molecular weight excluding hydrogens is 360 g/mol. The fourth-order valence-corrected chi connectivity index (χ4v) is 4.80. The molecule has 1 saturated heterocycles. The van der Waals surface area contributed by atoms with E-state index in [-0.39, 0.29) is 23.0 Å². The second-order valence-corrected chi connectivity index (χ2v) is 10.0. The predicted octanol–water partition coefficient (Wildman–Crippen LogP) is 4.43. The first-order chi connectivity index (χ1) is 13.8. The molecule has 1 saturated carbocycles. The molecule has 0 aromatic heterocycles. The van der Waals surface area contributed by atoms with Gasteiger partial charge in [-0.15, -0.1) is 0 Å². The molecule has 4 heteroatoms. The number of ketones is 1. The Bertz CT molecular complexity index is 705. The Labute approximate surface area is 176 Å². The smallest absolute Gasteiger partial charge is 0.223 e. The first-order valence-corrected chi connectivity index (χ1v) is 11.4. The van der Waals surface area contributed by atoms with Crippen LogP contribution in [0.25, 0.3) is 0 Å². The van der Waals surface area contributed by atoms with Crippen molar-refractivity contribution in [1.29, 1.82) is 0 Å². The van der Waals surface area contributed by atoms with Gasteiger partial charge in [-0.3, -0.25) is 9.59 Å². The lowest BCUT2D eigenvalue weighted by molar-refractivity contribution is -0.136. The van der Waals surface area contributed by atoms with E-state index in [0.717, 1.165) is 56.9 Å². The van der Waals surface area contributed by atoms with E-state index in [1.165, 1.54) is 12.0 Å². The van der Waals surface area contributed by atoms with Gasteiger partial charge in [0.05, 0.1) is 0 Å². The van der Waals surface area contributed by atoms with Crippen LogP contribution in [0, 0.1) is 17.8 Å². The van der Waals surface area contributed by atoms with E-state index in [4.69, 9.17) is 0 Å². The molecule has 2 fully saturated rings. The highest BCUT2D eigenvalue weighted by molar-refractivity contribution is 5.96. The Morgan fingerprint density at radius 3 is 2.55 bits per heavy atom. The van der Waals surface area contributed by atoms with E-state index >= 15 is 0 Å². The highest BCUT2D eigenvalue weighted by Crippen LogP contribution is 2.45. The van der Waals surface area contributed by atoms with Crippen molar-refractivity contribution >= 4 is 11.7 Å². The average molecular weight is 399 g/mol. The van der Waals surface area contributed by atoms with E-state index in [0.29, 0.717) is 12.3 Å². The van der Waals surface area contributed by atoms with Gasteiger partial charge in [0.2, 0.25) is 5.91 Å². The van der Waals surface area contributed by atoms with Crippen LogP contribution >= 0.6 is 0 Å². The molecule has 1 aromatic rings. The lowest BCUT2D eigenvalue weighted by atomic mass is 9.61. The van der Waals surface area contributed by atoms with Gasteiger partial charge in [0.25, 0.3) is 0 Å². The molecule has 0 radical (unpaired) electrons. The number of likely N-dealkylation sites (tertiary alicyclic amines) is 1. The van der Waals surface area contributed by atoms with E-state index in [1.54, 1.807) is 0 Å². The molecule has 1 aliphatic heterocycles. The van der Waals surface area contributed by atoms with Crippen molar-refractivity contribution in [3.63, 3.8) is 0 Å². The summed E-state index contributed by atoms with van der Waals surface area (Å²) < 4.78 is 0. The van der Waals surface area contributed by atoms with Crippen molar-refractivity contribution in [3.05, 3.63) is 35.4 Å². The number of carbonyl (C=O) groups excluding carboxylic acids is 2. The quantitative estimate of drug-likeness (QED) is 0.659. The van der Waals surface area contributed by atoms with Crippen LogP contribution in [0.3, 0.4) is 0 Å². The highest BCUT2D eigenvalue weighted by atomic mass is 16.2. The zero-order valence-corrected chi connectivity index (χ0v) is 18.7. The van der Waals surface area contributed by atoms with Gasteiger partial charge in [0.15, 0.2) is 5.78 Å². The van der Waals surface area contributed by atoms with Crippen LogP contribution in [0.2, 0.25) is 0 Å². The summed E-state index contributed by atoms with van der Waals surface area (Å²) in [5.74, 6) is 1.94. The predicted molar refractivity (Wildman–Crippen MR) is 118 cm³/mol. The van der Waals surface area contributed by atoms with Crippen molar-refractivity contribution in [3.8, 4) is 0 Å².